The van der Waals surface area contributed by atoms with Crippen molar-refractivity contribution in [2.45, 2.75) is 54.9 Å². The number of rotatable bonds is 1. The molecule has 4 unspecified atom stereocenters. The second-order valence-electron chi connectivity index (χ2n) is 3.87. The van der Waals surface area contributed by atoms with Gasteiger partial charge in [-0.25, -0.2) is 0 Å². The molecule has 0 heterocycles. The maximum Gasteiger partial charge on any atom is 0.0462 e. The zero-order valence-corrected chi connectivity index (χ0v) is 11.2. The third-order valence-electron chi connectivity index (χ3n) is 3.38. The van der Waals surface area contributed by atoms with E-state index in [9.17, 15) is 0 Å². The summed E-state index contributed by atoms with van der Waals surface area (Å²) >= 11 is 0. The predicted octanol–water partition coefficient (Wildman–Crippen LogP) is 3.96. The van der Waals surface area contributed by atoms with Crippen LogP contribution in [0.5, 0.6) is 0 Å². The Bertz CT molecular complexity index is 112. The molecule has 1 rings (SSSR count). The Morgan fingerprint density at radius 2 is 1.36 bits per heavy atom. The van der Waals surface area contributed by atoms with Gasteiger partial charge in [-0.1, -0.05) is 48.5 Å². The van der Waals surface area contributed by atoms with Crippen LogP contribution in [0, 0.1) is 23.7 Å². The van der Waals surface area contributed by atoms with Crippen molar-refractivity contribution in [1.29, 1.82) is 0 Å². The van der Waals surface area contributed by atoms with Gasteiger partial charge < -0.3 is 5.11 Å². The Kier molecular flexibility index (Phi) is 11.1. The summed E-state index contributed by atoms with van der Waals surface area (Å²) in [6.07, 6.45) is 1.22. The van der Waals surface area contributed by atoms with E-state index in [1.807, 2.05) is 27.7 Å². The normalized spacial score (nSPS) is 35.1. The lowest BCUT2D eigenvalue weighted by Gasteiger charge is -2.15. The molecule has 1 aliphatic carbocycles. The minimum atomic E-state index is 0.385. The Morgan fingerprint density at radius 1 is 0.929 bits per heavy atom. The van der Waals surface area contributed by atoms with Crippen molar-refractivity contribution >= 4 is 0 Å². The van der Waals surface area contributed by atoms with Gasteiger partial charge in [-0.3, -0.25) is 0 Å². The first-order valence-electron chi connectivity index (χ1n) is 6.27. The summed E-state index contributed by atoms with van der Waals surface area (Å²) in [7, 11) is 0. The van der Waals surface area contributed by atoms with Gasteiger partial charge in [0.15, 0.2) is 0 Å². The highest BCUT2D eigenvalue weighted by atomic mass is 16.3. The van der Waals surface area contributed by atoms with Crippen LogP contribution >= 0.6 is 0 Å². The molecular formula is C13H30O. The zero-order chi connectivity index (χ0) is 11.7. The van der Waals surface area contributed by atoms with E-state index in [1.54, 1.807) is 0 Å². The highest BCUT2D eigenvalue weighted by molar-refractivity contribution is 4.83. The van der Waals surface area contributed by atoms with Gasteiger partial charge in [0, 0.05) is 6.61 Å². The fraction of sp³-hybridized carbons (Fsp3) is 1.00. The van der Waals surface area contributed by atoms with E-state index in [2.05, 4.69) is 20.8 Å². The lowest BCUT2D eigenvalue weighted by molar-refractivity contribution is 0.191. The van der Waals surface area contributed by atoms with Crippen molar-refractivity contribution in [3.63, 3.8) is 0 Å². The van der Waals surface area contributed by atoms with Gasteiger partial charge in [-0.15, -0.1) is 0 Å². The highest BCUT2D eigenvalue weighted by Gasteiger charge is 2.34. The fourth-order valence-corrected chi connectivity index (χ4v) is 2.10. The molecule has 0 aromatic carbocycles. The molecule has 0 saturated heterocycles. The Balaban J connectivity index is 0. The quantitative estimate of drug-likeness (QED) is 0.682. The molecule has 1 N–H and O–H groups in total. The Morgan fingerprint density at radius 3 is 1.50 bits per heavy atom. The monoisotopic (exact) mass is 202 g/mol. The molecule has 1 heteroatoms. The molecule has 88 valence electrons. The molecule has 14 heavy (non-hydrogen) atoms. The summed E-state index contributed by atoms with van der Waals surface area (Å²) in [6.45, 7) is 15.2. The van der Waals surface area contributed by atoms with Crippen LogP contribution in [0.25, 0.3) is 0 Å². The van der Waals surface area contributed by atoms with Crippen molar-refractivity contribution in [2.24, 2.45) is 23.7 Å². The molecule has 1 fully saturated rings. The summed E-state index contributed by atoms with van der Waals surface area (Å²) in [5, 5.41) is 8.97. The second kappa shape index (κ2) is 9.51. The molecule has 0 aromatic heterocycles. The molecule has 0 aromatic rings. The third kappa shape index (κ3) is 4.45. The standard InChI is InChI=1S/C9H18O.2C2H6/c1-6-4-9(5-10)8(3)7(6)2;2*1-2/h6-10H,4-5H2,1-3H3;2*1-2H3. The van der Waals surface area contributed by atoms with E-state index in [4.69, 9.17) is 5.11 Å². The maximum atomic E-state index is 8.97. The van der Waals surface area contributed by atoms with Crippen LogP contribution in [0.15, 0.2) is 0 Å². The summed E-state index contributed by atoms with van der Waals surface area (Å²) < 4.78 is 0. The molecule has 0 spiro atoms. The lowest BCUT2D eigenvalue weighted by Crippen LogP contribution is -2.12. The predicted molar refractivity (Wildman–Crippen MR) is 65.4 cm³/mol. The molecule has 1 aliphatic rings. The van der Waals surface area contributed by atoms with Crippen molar-refractivity contribution in [1.82, 2.24) is 0 Å². The van der Waals surface area contributed by atoms with Crippen LogP contribution in [0.1, 0.15) is 54.9 Å². The second-order valence-corrected chi connectivity index (χ2v) is 3.87. The SMILES string of the molecule is CC.CC.CC1CC(CO)C(C)C1C. The maximum absolute atomic E-state index is 8.97. The van der Waals surface area contributed by atoms with Crippen LogP contribution in [0.2, 0.25) is 0 Å². The van der Waals surface area contributed by atoms with Gasteiger partial charge in [0.2, 0.25) is 0 Å². The largest absolute Gasteiger partial charge is 0.396 e. The van der Waals surface area contributed by atoms with Crippen molar-refractivity contribution in [2.75, 3.05) is 6.61 Å². The first-order chi connectivity index (χ1) is 6.66. The molecule has 1 saturated carbocycles. The van der Waals surface area contributed by atoms with E-state index >= 15 is 0 Å². The van der Waals surface area contributed by atoms with Crippen LogP contribution in [-0.2, 0) is 0 Å². The molecule has 0 bridgehead atoms. The first kappa shape index (κ1) is 16.4. The minimum absolute atomic E-state index is 0.385. The average Bonchev–Trinajstić information content (AvgIpc) is 2.51. The van der Waals surface area contributed by atoms with Gasteiger partial charge in [-0.2, -0.15) is 0 Å². The topological polar surface area (TPSA) is 20.2 Å². The summed E-state index contributed by atoms with van der Waals surface area (Å²) in [6, 6.07) is 0. The fourth-order valence-electron chi connectivity index (χ4n) is 2.10. The van der Waals surface area contributed by atoms with E-state index in [1.165, 1.54) is 6.42 Å². The average molecular weight is 202 g/mol. The van der Waals surface area contributed by atoms with E-state index < -0.39 is 0 Å². The number of hydrogen-bond acceptors (Lipinski definition) is 1. The number of aliphatic hydroxyl groups is 1. The van der Waals surface area contributed by atoms with E-state index in [-0.39, 0.29) is 0 Å². The molecule has 0 amide bonds. The minimum Gasteiger partial charge on any atom is -0.396 e. The van der Waals surface area contributed by atoms with Crippen LogP contribution in [0.3, 0.4) is 0 Å². The van der Waals surface area contributed by atoms with Gasteiger partial charge in [0.25, 0.3) is 0 Å². The number of hydrogen-bond donors (Lipinski definition) is 1. The first-order valence-corrected chi connectivity index (χ1v) is 6.27. The third-order valence-corrected chi connectivity index (χ3v) is 3.38. The highest BCUT2D eigenvalue weighted by Crippen LogP contribution is 2.40. The molecule has 4 atom stereocenters. The van der Waals surface area contributed by atoms with E-state index in [0.29, 0.717) is 12.5 Å². The smallest absolute Gasteiger partial charge is 0.0462 e. The van der Waals surface area contributed by atoms with Crippen LogP contribution in [-0.4, -0.2) is 11.7 Å². The van der Waals surface area contributed by atoms with Gasteiger partial charge in [0.05, 0.1) is 0 Å². The molecule has 0 aliphatic heterocycles. The summed E-state index contributed by atoms with van der Waals surface area (Å²) in [4.78, 5) is 0. The van der Waals surface area contributed by atoms with Crippen molar-refractivity contribution < 1.29 is 5.11 Å². The van der Waals surface area contributed by atoms with Gasteiger partial charge in [0.1, 0.15) is 0 Å². The van der Waals surface area contributed by atoms with Crippen molar-refractivity contribution in [3.05, 3.63) is 0 Å². The van der Waals surface area contributed by atoms with Gasteiger partial charge in [-0.05, 0) is 30.1 Å². The Labute approximate surface area is 90.9 Å². The molecule has 0 radical (unpaired) electrons. The summed E-state index contributed by atoms with van der Waals surface area (Å²) in [5.41, 5.74) is 0. The van der Waals surface area contributed by atoms with Gasteiger partial charge >= 0.3 is 0 Å². The molecule has 1 nitrogen and oxygen atoms in total. The van der Waals surface area contributed by atoms with Crippen molar-refractivity contribution in [3.8, 4) is 0 Å². The Hall–Kier alpha value is -0.0400. The number of aliphatic hydroxyl groups excluding tert-OH is 1. The summed E-state index contributed by atoms with van der Waals surface area (Å²) in [5.74, 6) is 2.91. The van der Waals surface area contributed by atoms with Crippen LogP contribution < -0.4 is 0 Å². The van der Waals surface area contributed by atoms with Crippen LogP contribution in [0.4, 0.5) is 0 Å². The van der Waals surface area contributed by atoms with E-state index in [0.717, 1.165) is 17.8 Å². The lowest BCUT2D eigenvalue weighted by atomic mass is 9.91. The molecular weight excluding hydrogens is 172 g/mol. The zero-order valence-electron chi connectivity index (χ0n) is 11.2.